The van der Waals surface area contributed by atoms with Crippen LogP contribution in [-0.4, -0.2) is 24.9 Å². The van der Waals surface area contributed by atoms with Crippen LogP contribution in [0, 0.1) is 0 Å². The summed E-state index contributed by atoms with van der Waals surface area (Å²) >= 11 is 12.2. The molecule has 26 heavy (non-hydrogen) atoms. The fourth-order valence-electron chi connectivity index (χ4n) is 2.45. The number of hydrogen-bond acceptors (Lipinski definition) is 5. The second-order valence-electron chi connectivity index (χ2n) is 5.28. The van der Waals surface area contributed by atoms with Gasteiger partial charge in [-0.3, -0.25) is 9.59 Å². The summed E-state index contributed by atoms with van der Waals surface area (Å²) in [5, 5.41) is 2.77. The zero-order chi connectivity index (χ0) is 18.8. The molecule has 2 aromatic rings. The molecule has 2 aromatic carbocycles. The van der Waals surface area contributed by atoms with Gasteiger partial charge in [0.15, 0.2) is 0 Å². The quantitative estimate of drug-likeness (QED) is 0.637. The molecule has 0 bridgehead atoms. The molecule has 1 heterocycles. The number of para-hydroxylation sites is 1. The van der Waals surface area contributed by atoms with Gasteiger partial charge in [0.2, 0.25) is 0 Å². The molecule has 1 aliphatic rings. The predicted molar refractivity (Wildman–Crippen MR) is 98.2 cm³/mol. The summed E-state index contributed by atoms with van der Waals surface area (Å²) in [5.41, 5.74) is 0.832. The highest BCUT2D eigenvalue weighted by molar-refractivity contribution is 6.53. The zero-order valence-corrected chi connectivity index (χ0v) is 15.0. The number of imide groups is 1. The molecule has 0 saturated carbocycles. The largest absolute Gasteiger partial charge is 0.465 e. The molecule has 8 heteroatoms. The van der Waals surface area contributed by atoms with Crippen molar-refractivity contribution < 1.29 is 19.1 Å². The second kappa shape index (κ2) is 7.19. The maximum atomic E-state index is 12.7. The number of benzene rings is 2. The number of halogens is 2. The Morgan fingerprint density at radius 2 is 1.77 bits per heavy atom. The normalized spacial score (nSPS) is 14.0. The molecule has 0 atom stereocenters. The third kappa shape index (κ3) is 3.16. The van der Waals surface area contributed by atoms with E-state index in [-0.39, 0.29) is 27.0 Å². The first-order chi connectivity index (χ1) is 12.4. The summed E-state index contributed by atoms with van der Waals surface area (Å²) < 4.78 is 4.66. The van der Waals surface area contributed by atoms with Gasteiger partial charge in [0.1, 0.15) is 10.7 Å². The molecule has 0 radical (unpaired) electrons. The van der Waals surface area contributed by atoms with Crippen LogP contribution in [-0.2, 0) is 14.3 Å². The molecule has 2 amide bonds. The van der Waals surface area contributed by atoms with E-state index >= 15 is 0 Å². The van der Waals surface area contributed by atoms with Gasteiger partial charge in [0.25, 0.3) is 11.8 Å². The van der Waals surface area contributed by atoms with Crippen LogP contribution in [0.3, 0.4) is 0 Å². The van der Waals surface area contributed by atoms with E-state index < -0.39 is 17.8 Å². The van der Waals surface area contributed by atoms with Crippen LogP contribution < -0.4 is 10.2 Å². The summed E-state index contributed by atoms with van der Waals surface area (Å²) in [6.45, 7) is 0. The van der Waals surface area contributed by atoms with Gasteiger partial charge in [-0.2, -0.15) is 0 Å². The van der Waals surface area contributed by atoms with Crippen molar-refractivity contribution in [1.29, 1.82) is 0 Å². The molecule has 6 nitrogen and oxygen atoms in total. The van der Waals surface area contributed by atoms with Gasteiger partial charge in [-0.1, -0.05) is 41.4 Å². The minimum atomic E-state index is -0.684. The van der Waals surface area contributed by atoms with E-state index in [9.17, 15) is 14.4 Å². The first-order valence-electron chi connectivity index (χ1n) is 7.42. The van der Waals surface area contributed by atoms with Crippen molar-refractivity contribution in [2.24, 2.45) is 0 Å². The summed E-state index contributed by atoms with van der Waals surface area (Å²) in [5.74, 6) is -1.85. The molecule has 0 spiro atoms. The molecule has 1 N–H and O–H groups in total. The third-order valence-corrected chi connectivity index (χ3v) is 4.34. The van der Waals surface area contributed by atoms with Gasteiger partial charge >= 0.3 is 5.97 Å². The van der Waals surface area contributed by atoms with E-state index in [0.717, 1.165) is 4.90 Å². The molecule has 0 aliphatic carbocycles. The number of amides is 2. The number of hydrogen-bond donors (Lipinski definition) is 1. The Labute approximate surface area is 158 Å². The van der Waals surface area contributed by atoms with E-state index in [1.165, 1.54) is 13.2 Å². The number of nitrogens with one attached hydrogen (secondary N) is 1. The summed E-state index contributed by atoms with van der Waals surface area (Å²) in [6, 6.07) is 12.7. The lowest BCUT2D eigenvalue weighted by Gasteiger charge is -2.16. The van der Waals surface area contributed by atoms with Gasteiger partial charge in [0, 0.05) is 5.69 Å². The molecule has 0 fully saturated rings. The van der Waals surface area contributed by atoms with E-state index in [4.69, 9.17) is 23.2 Å². The molecule has 0 saturated heterocycles. The molecular weight excluding hydrogens is 379 g/mol. The lowest BCUT2D eigenvalue weighted by Crippen LogP contribution is -2.32. The van der Waals surface area contributed by atoms with E-state index in [1.54, 1.807) is 42.5 Å². The minimum Gasteiger partial charge on any atom is -0.465 e. The average Bonchev–Trinajstić information content (AvgIpc) is 2.85. The average molecular weight is 391 g/mol. The number of carbonyl (C=O) groups is 3. The Hall–Kier alpha value is -2.83. The van der Waals surface area contributed by atoms with Crippen molar-refractivity contribution in [3.05, 3.63) is 69.8 Å². The van der Waals surface area contributed by atoms with Crippen LogP contribution in [0.15, 0.2) is 59.3 Å². The molecule has 0 unspecified atom stereocenters. The maximum Gasteiger partial charge on any atom is 0.337 e. The van der Waals surface area contributed by atoms with Crippen LogP contribution in [0.4, 0.5) is 11.4 Å². The molecular formula is C18H12Cl2N2O4. The minimum absolute atomic E-state index is 0.0985. The first kappa shape index (κ1) is 18.0. The van der Waals surface area contributed by atoms with Crippen molar-refractivity contribution in [2.45, 2.75) is 0 Å². The zero-order valence-electron chi connectivity index (χ0n) is 13.5. The molecule has 3 rings (SSSR count). The van der Waals surface area contributed by atoms with E-state index in [0.29, 0.717) is 5.69 Å². The maximum absolute atomic E-state index is 12.7. The Bertz CT molecular complexity index is 956. The predicted octanol–water partition coefficient (Wildman–Crippen LogP) is 3.56. The number of esters is 1. The van der Waals surface area contributed by atoms with Gasteiger partial charge in [-0.25, -0.2) is 9.69 Å². The molecule has 132 valence electrons. The van der Waals surface area contributed by atoms with E-state index in [2.05, 4.69) is 10.1 Å². The lowest BCUT2D eigenvalue weighted by atomic mass is 10.2. The smallest absolute Gasteiger partial charge is 0.337 e. The number of ether oxygens (including phenoxy) is 1. The van der Waals surface area contributed by atoms with Gasteiger partial charge in [0.05, 0.1) is 23.4 Å². The summed E-state index contributed by atoms with van der Waals surface area (Å²) in [6.07, 6.45) is 0. The van der Waals surface area contributed by atoms with Gasteiger partial charge in [-0.05, 0) is 30.3 Å². The lowest BCUT2D eigenvalue weighted by molar-refractivity contribution is -0.120. The molecule has 0 aromatic heterocycles. The fraction of sp³-hybridized carbons (Fsp3) is 0.0556. The SMILES string of the molecule is COC(=O)c1cccc(NC2=C(Cl)C(=O)N(c3ccccc3Cl)C2=O)c1. The number of rotatable bonds is 4. The van der Waals surface area contributed by atoms with Crippen molar-refractivity contribution in [1.82, 2.24) is 0 Å². The monoisotopic (exact) mass is 390 g/mol. The topological polar surface area (TPSA) is 75.7 Å². The van der Waals surface area contributed by atoms with Gasteiger partial charge < -0.3 is 10.1 Å². The van der Waals surface area contributed by atoms with E-state index in [1.807, 2.05) is 0 Å². The van der Waals surface area contributed by atoms with Crippen molar-refractivity contribution >= 4 is 52.4 Å². The standard InChI is InChI=1S/C18H12Cl2N2O4/c1-26-18(25)10-5-4-6-11(9-10)21-15-14(20)16(23)22(17(15)24)13-8-3-2-7-12(13)19/h2-9,21H,1H3. The highest BCUT2D eigenvalue weighted by Crippen LogP contribution is 2.34. The highest BCUT2D eigenvalue weighted by Gasteiger charge is 2.39. The van der Waals surface area contributed by atoms with Crippen LogP contribution in [0.25, 0.3) is 0 Å². The second-order valence-corrected chi connectivity index (χ2v) is 6.07. The Morgan fingerprint density at radius 1 is 1.04 bits per heavy atom. The Morgan fingerprint density at radius 3 is 2.46 bits per heavy atom. The number of carbonyl (C=O) groups excluding carboxylic acids is 3. The Kier molecular flexibility index (Phi) is 4.97. The van der Waals surface area contributed by atoms with Crippen molar-refractivity contribution in [2.75, 3.05) is 17.3 Å². The highest BCUT2D eigenvalue weighted by atomic mass is 35.5. The number of methoxy groups -OCH3 is 1. The van der Waals surface area contributed by atoms with Crippen molar-refractivity contribution in [3.8, 4) is 0 Å². The summed E-state index contributed by atoms with van der Waals surface area (Å²) in [4.78, 5) is 37.7. The Balaban J connectivity index is 1.92. The van der Waals surface area contributed by atoms with Crippen LogP contribution in [0.2, 0.25) is 5.02 Å². The fourth-order valence-corrected chi connectivity index (χ4v) is 2.88. The van der Waals surface area contributed by atoms with Crippen molar-refractivity contribution in [3.63, 3.8) is 0 Å². The number of anilines is 2. The summed E-state index contributed by atoms with van der Waals surface area (Å²) in [7, 11) is 1.27. The third-order valence-electron chi connectivity index (χ3n) is 3.67. The van der Waals surface area contributed by atoms with Gasteiger partial charge in [-0.15, -0.1) is 0 Å². The number of nitrogens with zero attached hydrogens (tertiary/aromatic N) is 1. The van der Waals surface area contributed by atoms with Crippen LogP contribution in [0.1, 0.15) is 10.4 Å². The van der Waals surface area contributed by atoms with Crippen LogP contribution >= 0.6 is 23.2 Å². The molecule has 1 aliphatic heterocycles. The first-order valence-corrected chi connectivity index (χ1v) is 8.18. The van der Waals surface area contributed by atoms with Crippen LogP contribution in [0.5, 0.6) is 0 Å².